The summed E-state index contributed by atoms with van der Waals surface area (Å²) in [5.41, 5.74) is -0.486. The number of aromatic amines is 1. The van der Waals surface area contributed by atoms with Crippen LogP contribution in [0.4, 0.5) is 0 Å². The summed E-state index contributed by atoms with van der Waals surface area (Å²) in [6.45, 7) is 0. The first-order valence-electron chi connectivity index (χ1n) is 6.36. The van der Waals surface area contributed by atoms with E-state index in [4.69, 9.17) is 11.6 Å². The minimum Gasteiger partial charge on any atom is -0.326 e. The summed E-state index contributed by atoms with van der Waals surface area (Å²) in [5, 5.41) is -0.115. The van der Waals surface area contributed by atoms with Crippen molar-refractivity contribution in [3.63, 3.8) is 0 Å². The van der Waals surface area contributed by atoms with Crippen LogP contribution in [0, 0.1) is 11.8 Å². The lowest BCUT2D eigenvalue weighted by Crippen LogP contribution is -2.38. The van der Waals surface area contributed by atoms with Gasteiger partial charge in [-0.05, 0) is 37.2 Å². The van der Waals surface area contributed by atoms with Crippen molar-refractivity contribution in [2.75, 3.05) is 0 Å². The molecule has 2 bridgehead atoms. The smallest absolute Gasteiger partial charge is 0.266 e. The zero-order valence-electron chi connectivity index (χ0n) is 10.2. The maximum Gasteiger partial charge on any atom is 0.266 e. The number of H-pyrrole nitrogens is 1. The highest BCUT2D eigenvalue weighted by Crippen LogP contribution is 2.44. The van der Waals surface area contributed by atoms with Gasteiger partial charge in [-0.15, -0.1) is 0 Å². The maximum atomic E-state index is 12.2. The Kier molecular flexibility index (Phi) is 3.19. The third-order valence-electron chi connectivity index (χ3n) is 4.19. The van der Waals surface area contributed by atoms with Gasteiger partial charge in [0, 0.05) is 12.2 Å². The first-order chi connectivity index (χ1) is 8.95. The highest BCUT2D eigenvalue weighted by Gasteiger charge is 2.41. The molecular weight excluding hydrogens is 288 g/mol. The van der Waals surface area contributed by atoms with Crippen LogP contribution in [0.15, 0.2) is 22.0 Å². The second kappa shape index (κ2) is 4.61. The van der Waals surface area contributed by atoms with E-state index in [2.05, 4.69) is 9.71 Å². The third-order valence-corrected chi connectivity index (χ3v) is 5.94. The van der Waals surface area contributed by atoms with E-state index in [9.17, 15) is 13.2 Å². The lowest BCUT2D eigenvalue weighted by molar-refractivity contribution is 0.390. The van der Waals surface area contributed by atoms with E-state index in [0.717, 1.165) is 19.3 Å². The molecule has 3 rings (SSSR count). The summed E-state index contributed by atoms with van der Waals surface area (Å²) >= 11 is 5.66. The van der Waals surface area contributed by atoms with E-state index in [0.29, 0.717) is 11.8 Å². The van der Waals surface area contributed by atoms with E-state index < -0.39 is 15.6 Å². The Morgan fingerprint density at radius 1 is 1.32 bits per heavy atom. The molecule has 5 nitrogen and oxygen atoms in total. The van der Waals surface area contributed by atoms with Gasteiger partial charge in [0.2, 0.25) is 10.0 Å². The van der Waals surface area contributed by atoms with Crippen LogP contribution in [0.5, 0.6) is 0 Å². The van der Waals surface area contributed by atoms with Crippen LogP contribution in [0.1, 0.15) is 25.7 Å². The van der Waals surface area contributed by atoms with Gasteiger partial charge < -0.3 is 4.98 Å². The second-order valence-corrected chi connectivity index (χ2v) is 7.54. The quantitative estimate of drug-likeness (QED) is 0.888. The molecular formula is C12H15ClN2O3S. The fourth-order valence-corrected chi connectivity index (χ4v) is 4.80. The van der Waals surface area contributed by atoms with Gasteiger partial charge >= 0.3 is 0 Å². The Balaban J connectivity index is 1.82. The molecule has 0 radical (unpaired) electrons. The zero-order valence-corrected chi connectivity index (χ0v) is 11.8. The molecule has 2 aliphatic rings. The predicted octanol–water partition coefficient (Wildman–Crippen LogP) is 1.50. The van der Waals surface area contributed by atoms with Crippen molar-refractivity contribution in [3.05, 3.63) is 27.6 Å². The molecule has 0 aliphatic heterocycles. The van der Waals surface area contributed by atoms with Gasteiger partial charge in [0.25, 0.3) is 5.56 Å². The molecule has 0 amide bonds. The number of sulfonamides is 1. The number of fused-ring (bicyclic) bond motifs is 2. The molecule has 1 aromatic heterocycles. The monoisotopic (exact) mass is 302 g/mol. The SMILES string of the molecule is O=c1[nH]cc(S(=O)(=O)NC2CC3CCC2C3)cc1Cl. The van der Waals surface area contributed by atoms with Gasteiger partial charge in [0.15, 0.2) is 0 Å². The number of hydrogen-bond acceptors (Lipinski definition) is 3. The van der Waals surface area contributed by atoms with Crippen molar-refractivity contribution in [3.8, 4) is 0 Å². The van der Waals surface area contributed by atoms with E-state index in [-0.39, 0.29) is 16.0 Å². The van der Waals surface area contributed by atoms with E-state index >= 15 is 0 Å². The largest absolute Gasteiger partial charge is 0.326 e. The molecule has 0 saturated heterocycles. The zero-order chi connectivity index (χ0) is 13.6. The first kappa shape index (κ1) is 13.1. The number of aromatic nitrogens is 1. The van der Waals surface area contributed by atoms with Crippen LogP contribution in [-0.2, 0) is 10.0 Å². The third kappa shape index (κ3) is 2.44. The van der Waals surface area contributed by atoms with Crippen molar-refractivity contribution in [2.45, 2.75) is 36.6 Å². The van der Waals surface area contributed by atoms with Gasteiger partial charge in [-0.3, -0.25) is 4.79 Å². The average Bonchev–Trinajstić information content (AvgIpc) is 2.94. The van der Waals surface area contributed by atoms with Crippen LogP contribution in [0.3, 0.4) is 0 Å². The Hall–Kier alpha value is -0.850. The average molecular weight is 303 g/mol. The minimum absolute atomic E-state index is 0.0138. The minimum atomic E-state index is -3.61. The molecule has 7 heteroatoms. The second-order valence-electron chi connectivity index (χ2n) is 5.42. The van der Waals surface area contributed by atoms with Crippen LogP contribution in [0.25, 0.3) is 0 Å². The number of pyridine rings is 1. The summed E-state index contributed by atoms with van der Waals surface area (Å²) in [7, 11) is -3.61. The maximum absolute atomic E-state index is 12.2. The number of nitrogens with one attached hydrogen (secondary N) is 2. The number of hydrogen-bond donors (Lipinski definition) is 2. The fraction of sp³-hybridized carbons (Fsp3) is 0.583. The normalized spacial score (nSPS) is 29.8. The van der Waals surface area contributed by atoms with Crippen molar-refractivity contribution in [1.82, 2.24) is 9.71 Å². The molecule has 104 valence electrons. The molecule has 2 aliphatic carbocycles. The van der Waals surface area contributed by atoms with Gasteiger partial charge in [-0.25, -0.2) is 13.1 Å². The van der Waals surface area contributed by atoms with Crippen LogP contribution in [0.2, 0.25) is 5.02 Å². The molecule has 1 heterocycles. The molecule has 1 aromatic rings. The summed E-state index contributed by atoms with van der Waals surface area (Å²) in [6, 6.07) is 1.21. The Bertz CT molecular complexity index is 655. The van der Waals surface area contributed by atoms with Gasteiger partial charge in [-0.1, -0.05) is 18.0 Å². The van der Waals surface area contributed by atoms with Crippen molar-refractivity contribution >= 4 is 21.6 Å². The van der Waals surface area contributed by atoms with E-state index in [1.54, 1.807) is 0 Å². The molecule has 2 fully saturated rings. The number of halogens is 1. The summed E-state index contributed by atoms with van der Waals surface area (Å²) in [6.07, 6.45) is 5.54. The molecule has 2 saturated carbocycles. The standard InChI is InChI=1S/C12H15ClN2O3S/c13-10-5-9(6-14-12(10)16)19(17,18)15-11-4-7-1-2-8(11)3-7/h5-8,11,15H,1-4H2,(H,14,16). The van der Waals surface area contributed by atoms with Crippen molar-refractivity contribution in [2.24, 2.45) is 11.8 Å². The molecule has 0 spiro atoms. The van der Waals surface area contributed by atoms with E-state index in [1.165, 1.54) is 18.7 Å². The molecule has 19 heavy (non-hydrogen) atoms. The lowest BCUT2D eigenvalue weighted by atomic mass is 9.96. The summed E-state index contributed by atoms with van der Waals surface area (Å²) < 4.78 is 27.2. The number of rotatable bonds is 3. The van der Waals surface area contributed by atoms with Crippen LogP contribution >= 0.6 is 11.6 Å². The Labute approximate surface area is 116 Å². The highest BCUT2D eigenvalue weighted by atomic mass is 35.5. The fourth-order valence-electron chi connectivity index (χ4n) is 3.25. The van der Waals surface area contributed by atoms with Crippen LogP contribution < -0.4 is 10.3 Å². The van der Waals surface area contributed by atoms with Gasteiger partial charge in [0.05, 0.1) is 4.90 Å². The van der Waals surface area contributed by atoms with Crippen molar-refractivity contribution in [1.29, 1.82) is 0 Å². The molecule has 2 N–H and O–H groups in total. The van der Waals surface area contributed by atoms with Crippen LogP contribution in [-0.4, -0.2) is 19.4 Å². The Morgan fingerprint density at radius 3 is 2.68 bits per heavy atom. The van der Waals surface area contributed by atoms with E-state index in [1.807, 2.05) is 0 Å². The summed E-state index contributed by atoms with van der Waals surface area (Å²) in [5.74, 6) is 1.12. The van der Waals surface area contributed by atoms with Gasteiger partial charge in [-0.2, -0.15) is 0 Å². The summed E-state index contributed by atoms with van der Waals surface area (Å²) in [4.78, 5) is 13.5. The van der Waals surface area contributed by atoms with Gasteiger partial charge in [0.1, 0.15) is 5.02 Å². The Morgan fingerprint density at radius 2 is 2.11 bits per heavy atom. The first-order valence-corrected chi connectivity index (χ1v) is 8.22. The highest BCUT2D eigenvalue weighted by molar-refractivity contribution is 7.89. The topological polar surface area (TPSA) is 79.0 Å². The lowest BCUT2D eigenvalue weighted by Gasteiger charge is -2.22. The molecule has 0 aromatic carbocycles. The predicted molar refractivity (Wildman–Crippen MR) is 71.6 cm³/mol. The molecule has 3 atom stereocenters. The molecule has 3 unspecified atom stereocenters. The van der Waals surface area contributed by atoms with Crippen molar-refractivity contribution < 1.29 is 8.42 Å².